The number of likely N-dealkylation sites (tertiary alicyclic amines) is 1. The monoisotopic (exact) mass is 569 g/mol. The van der Waals surface area contributed by atoms with E-state index in [4.69, 9.17) is 9.47 Å². The summed E-state index contributed by atoms with van der Waals surface area (Å²) in [4.78, 5) is 16.6. The molecule has 41 heavy (non-hydrogen) atoms. The van der Waals surface area contributed by atoms with Gasteiger partial charge in [0.2, 0.25) is 0 Å². The smallest absolute Gasteiger partial charge is 0.410 e. The number of carbonyl (C=O) groups excluding carboxylic acids is 1. The SMILES string of the molecule is C=C(NCc1ccc(OCC(C)(O)C(C)C)cc1)N(Cc1ccc(F)cc1C)C1CCN(C(=O)OC(C)(C)C)CC1. The zero-order valence-electron chi connectivity index (χ0n) is 25.8. The lowest BCUT2D eigenvalue weighted by Crippen LogP contribution is -2.48. The van der Waals surface area contributed by atoms with Crippen LogP contribution in [0.5, 0.6) is 5.75 Å². The number of aliphatic hydroxyl groups is 1. The maximum atomic E-state index is 13.8. The molecule has 0 bridgehead atoms. The first kappa shape index (κ1) is 32.3. The van der Waals surface area contributed by atoms with Crippen LogP contribution in [-0.2, 0) is 17.8 Å². The highest BCUT2D eigenvalue weighted by Crippen LogP contribution is 2.25. The van der Waals surface area contributed by atoms with E-state index in [9.17, 15) is 14.3 Å². The van der Waals surface area contributed by atoms with Crippen molar-refractivity contribution in [3.05, 3.63) is 77.4 Å². The first-order valence-corrected chi connectivity index (χ1v) is 14.5. The summed E-state index contributed by atoms with van der Waals surface area (Å²) >= 11 is 0. The Hall–Kier alpha value is -3.26. The van der Waals surface area contributed by atoms with Crippen LogP contribution in [0.3, 0.4) is 0 Å². The fourth-order valence-corrected chi connectivity index (χ4v) is 4.56. The molecule has 0 aliphatic carbocycles. The van der Waals surface area contributed by atoms with E-state index < -0.39 is 11.2 Å². The Morgan fingerprint density at radius 2 is 1.78 bits per heavy atom. The van der Waals surface area contributed by atoms with Gasteiger partial charge < -0.3 is 29.7 Å². The van der Waals surface area contributed by atoms with Crippen molar-refractivity contribution >= 4 is 6.09 Å². The van der Waals surface area contributed by atoms with Crippen molar-refractivity contribution in [3.63, 3.8) is 0 Å². The average Bonchev–Trinajstić information content (AvgIpc) is 2.90. The molecule has 2 aromatic rings. The number of aryl methyl sites for hydroxylation is 1. The van der Waals surface area contributed by atoms with Crippen LogP contribution in [0.25, 0.3) is 0 Å². The summed E-state index contributed by atoms with van der Waals surface area (Å²) in [6, 6.07) is 12.8. The molecule has 1 heterocycles. The molecule has 1 atom stereocenters. The van der Waals surface area contributed by atoms with Gasteiger partial charge in [-0.15, -0.1) is 0 Å². The number of rotatable bonds is 11. The van der Waals surface area contributed by atoms with Crippen LogP contribution in [0.15, 0.2) is 54.9 Å². The van der Waals surface area contributed by atoms with E-state index in [1.807, 2.05) is 71.9 Å². The molecule has 3 rings (SSSR count). The van der Waals surface area contributed by atoms with Crippen molar-refractivity contribution in [2.24, 2.45) is 5.92 Å². The second-order valence-corrected chi connectivity index (χ2v) is 12.6. The molecule has 2 N–H and O–H groups in total. The lowest BCUT2D eigenvalue weighted by molar-refractivity contribution is -0.0266. The minimum absolute atomic E-state index is 0.0863. The molecule has 1 unspecified atom stereocenters. The Balaban J connectivity index is 1.65. The van der Waals surface area contributed by atoms with E-state index in [1.54, 1.807) is 17.9 Å². The summed E-state index contributed by atoms with van der Waals surface area (Å²) in [7, 11) is 0. The largest absolute Gasteiger partial charge is 0.491 e. The van der Waals surface area contributed by atoms with Crippen LogP contribution in [-0.4, -0.2) is 57.9 Å². The van der Waals surface area contributed by atoms with Gasteiger partial charge in [0.05, 0.1) is 11.4 Å². The maximum absolute atomic E-state index is 13.8. The van der Waals surface area contributed by atoms with Gasteiger partial charge in [-0.2, -0.15) is 0 Å². The number of benzene rings is 2. The highest BCUT2D eigenvalue weighted by atomic mass is 19.1. The summed E-state index contributed by atoms with van der Waals surface area (Å²) in [6.45, 7) is 20.2. The maximum Gasteiger partial charge on any atom is 0.410 e. The molecule has 0 saturated carbocycles. The Kier molecular flexibility index (Phi) is 10.7. The van der Waals surface area contributed by atoms with Crippen molar-refractivity contribution in [1.82, 2.24) is 15.1 Å². The van der Waals surface area contributed by atoms with Gasteiger partial charge in [0.25, 0.3) is 0 Å². The van der Waals surface area contributed by atoms with E-state index in [2.05, 4.69) is 16.8 Å². The van der Waals surface area contributed by atoms with Crippen LogP contribution in [0.4, 0.5) is 9.18 Å². The first-order chi connectivity index (χ1) is 19.1. The second-order valence-electron chi connectivity index (χ2n) is 12.6. The van der Waals surface area contributed by atoms with Gasteiger partial charge in [-0.1, -0.05) is 38.6 Å². The van der Waals surface area contributed by atoms with E-state index in [0.29, 0.717) is 31.9 Å². The van der Waals surface area contributed by atoms with E-state index in [1.165, 1.54) is 6.07 Å². The molecular formula is C33H48FN3O4. The number of piperidine rings is 1. The Labute approximate surface area is 245 Å². The van der Waals surface area contributed by atoms with Gasteiger partial charge >= 0.3 is 6.09 Å². The molecule has 1 saturated heterocycles. The third-order valence-corrected chi connectivity index (χ3v) is 7.74. The summed E-state index contributed by atoms with van der Waals surface area (Å²) < 4.78 is 25.2. The van der Waals surface area contributed by atoms with Crippen LogP contribution in [0.2, 0.25) is 0 Å². The molecule has 1 amide bonds. The molecule has 1 fully saturated rings. The summed E-state index contributed by atoms with van der Waals surface area (Å²) in [5.74, 6) is 1.32. The minimum Gasteiger partial charge on any atom is -0.491 e. The minimum atomic E-state index is -0.895. The molecule has 0 spiro atoms. The van der Waals surface area contributed by atoms with E-state index in [-0.39, 0.29) is 30.5 Å². The van der Waals surface area contributed by atoms with Crippen molar-refractivity contribution in [2.45, 2.75) is 91.6 Å². The number of carbonyl (C=O) groups is 1. The topological polar surface area (TPSA) is 74.3 Å². The Morgan fingerprint density at radius 3 is 2.34 bits per heavy atom. The summed E-state index contributed by atoms with van der Waals surface area (Å²) in [5.41, 5.74) is 1.55. The second kappa shape index (κ2) is 13.6. The van der Waals surface area contributed by atoms with Crippen LogP contribution in [0, 0.1) is 18.7 Å². The van der Waals surface area contributed by atoms with Crippen molar-refractivity contribution in [1.29, 1.82) is 0 Å². The molecule has 0 aromatic heterocycles. The van der Waals surface area contributed by atoms with Gasteiger partial charge in [-0.3, -0.25) is 0 Å². The molecule has 1 aliphatic heterocycles. The van der Waals surface area contributed by atoms with Gasteiger partial charge in [0.15, 0.2) is 0 Å². The van der Waals surface area contributed by atoms with Crippen molar-refractivity contribution in [2.75, 3.05) is 19.7 Å². The quantitative estimate of drug-likeness (QED) is 0.327. The van der Waals surface area contributed by atoms with Crippen LogP contribution < -0.4 is 10.1 Å². The van der Waals surface area contributed by atoms with Gasteiger partial charge in [0.1, 0.15) is 23.8 Å². The fraction of sp³-hybridized carbons (Fsp3) is 0.545. The molecule has 0 radical (unpaired) electrons. The van der Waals surface area contributed by atoms with Gasteiger partial charge in [-0.05, 0) is 94.3 Å². The lowest BCUT2D eigenvalue weighted by atomic mass is 9.94. The highest BCUT2D eigenvalue weighted by molar-refractivity contribution is 5.68. The van der Waals surface area contributed by atoms with Crippen molar-refractivity contribution in [3.8, 4) is 5.75 Å². The summed E-state index contributed by atoms with van der Waals surface area (Å²) in [5, 5.41) is 13.9. The molecule has 8 heteroatoms. The number of nitrogens with one attached hydrogen (secondary N) is 1. The molecule has 226 valence electrons. The average molecular weight is 570 g/mol. The standard InChI is InChI=1S/C33H48FN3O4/c1-23(2)33(8,39)22-40-30-13-9-26(10-14-30)20-35-25(4)37(21-27-11-12-28(34)19-24(27)3)29-15-17-36(18-16-29)31(38)41-32(5,6)7/h9-14,19,23,29,35,39H,4,15-18,20-22H2,1-3,5-8H3. The first-order valence-electron chi connectivity index (χ1n) is 14.5. The number of nitrogens with zero attached hydrogens (tertiary/aromatic N) is 2. The predicted octanol–water partition coefficient (Wildman–Crippen LogP) is 6.38. The number of ether oxygens (including phenoxy) is 2. The zero-order chi connectivity index (χ0) is 30.4. The zero-order valence-corrected chi connectivity index (χ0v) is 25.8. The van der Waals surface area contributed by atoms with E-state index >= 15 is 0 Å². The van der Waals surface area contributed by atoms with Crippen LogP contribution in [0.1, 0.15) is 71.1 Å². The number of halogens is 1. The van der Waals surface area contributed by atoms with E-state index in [0.717, 1.165) is 35.4 Å². The Morgan fingerprint density at radius 1 is 1.15 bits per heavy atom. The van der Waals surface area contributed by atoms with Gasteiger partial charge in [0, 0.05) is 32.2 Å². The van der Waals surface area contributed by atoms with Gasteiger partial charge in [-0.25, -0.2) is 9.18 Å². The van der Waals surface area contributed by atoms with Crippen LogP contribution >= 0.6 is 0 Å². The number of amides is 1. The predicted molar refractivity (Wildman–Crippen MR) is 161 cm³/mol. The molecule has 7 nitrogen and oxygen atoms in total. The summed E-state index contributed by atoms with van der Waals surface area (Å²) in [6.07, 6.45) is 1.26. The highest BCUT2D eigenvalue weighted by Gasteiger charge is 2.30. The number of hydrogen-bond donors (Lipinski definition) is 2. The van der Waals surface area contributed by atoms with Crippen molar-refractivity contribution < 1.29 is 23.8 Å². The third kappa shape index (κ3) is 9.66. The lowest BCUT2D eigenvalue weighted by Gasteiger charge is -2.41. The molecule has 2 aromatic carbocycles. The normalized spacial score (nSPS) is 15.8. The third-order valence-electron chi connectivity index (χ3n) is 7.74. The Bertz CT molecular complexity index is 1170. The fourth-order valence-electron chi connectivity index (χ4n) is 4.56. The number of hydrogen-bond acceptors (Lipinski definition) is 6. The molecular weight excluding hydrogens is 521 g/mol. The molecule has 1 aliphatic rings.